The van der Waals surface area contributed by atoms with Gasteiger partial charge in [-0.05, 0) is 0 Å². The number of fused-ring (bicyclic) bond motifs is 5. The van der Waals surface area contributed by atoms with Gasteiger partial charge >= 0.3 is 317 Å². The summed E-state index contributed by atoms with van der Waals surface area (Å²) in [4.78, 5) is 0. The van der Waals surface area contributed by atoms with Crippen LogP contribution in [0.3, 0.4) is 0 Å². The van der Waals surface area contributed by atoms with E-state index in [0.29, 0.717) is 0 Å². The molecule has 3 heteroatoms. The SMILES string of the molecule is CC(C)(C)c1ccc2c(c1)-c1cc(C(C)(C)C)ccc1[CH]2[Zr]([C]1=CC=CC1)=[C](c1cc(Cl)cc2ccccc12)c1cc(Cl)cc2ccccc12. The summed E-state index contributed by atoms with van der Waals surface area (Å²) in [7, 11) is 0. The molecule has 8 rings (SSSR count). The molecule has 0 unspecified atom stereocenters. The molecule has 0 radical (unpaired) electrons. The average Bonchev–Trinajstić information content (AvgIpc) is 3.72. The predicted octanol–water partition coefficient (Wildman–Crippen LogP) is 13.7. The number of hydrogen-bond donors (Lipinski definition) is 0. The third-order valence-electron chi connectivity index (χ3n) is 10.6. The van der Waals surface area contributed by atoms with Crippen LogP contribution < -0.4 is 0 Å². The number of benzene rings is 6. The van der Waals surface area contributed by atoms with Gasteiger partial charge in [-0.3, -0.25) is 0 Å². The molecule has 2 aliphatic carbocycles. The Morgan fingerprint density at radius 1 is 0.600 bits per heavy atom. The van der Waals surface area contributed by atoms with Gasteiger partial charge in [0.2, 0.25) is 0 Å². The predicted molar refractivity (Wildman–Crippen MR) is 214 cm³/mol. The van der Waals surface area contributed by atoms with Crippen molar-refractivity contribution in [3.8, 4) is 11.1 Å². The van der Waals surface area contributed by atoms with Crippen LogP contribution in [0.1, 0.15) is 85.0 Å². The second-order valence-corrected chi connectivity index (χ2v) is 23.1. The molecule has 50 heavy (non-hydrogen) atoms. The molecule has 0 amide bonds. The summed E-state index contributed by atoms with van der Waals surface area (Å²) in [6.07, 6.45) is 8.05. The molecule has 0 aliphatic heterocycles. The minimum atomic E-state index is -3.05. The number of hydrogen-bond acceptors (Lipinski definition) is 0. The molecular formula is C47H42Cl2Zr. The Labute approximate surface area is 314 Å². The molecule has 0 N–H and O–H groups in total. The summed E-state index contributed by atoms with van der Waals surface area (Å²) >= 11 is 11.1. The van der Waals surface area contributed by atoms with Gasteiger partial charge in [0.25, 0.3) is 0 Å². The third kappa shape index (κ3) is 5.94. The van der Waals surface area contributed by atoms with E-state index < -0.39 is 21.3 Å². The molecule has 0 atom stereocenters. The Balaban J connectivity index is 1.57. The van der Waals surface area contributed by atoms with Crippen LogP contribution in [-0.4, -0.2) is 3.21 Å². The van der Waals surface area contributed by atoms with Crippen molar-refractivity contribution < 1.29 is 21.3 Å². The van der Waals surface area contributed by atoms with E-state index in [2.05, 4.69) is 169 Å². The third-order valence-corrected chi connectivity index (χ3v) is 19.3. The van der Waals surface area contributed by atoms with Crippen molar-refractivity contribution in [1.82, 2.24) is 0 Å². The Hall–Kier alpha value is -3.35. The summed E-state index contributed by atoms with van der Waals surface area (Å²) in [6.45, 7) is 13.9. The first-order valence-electron chi connectivity index (χ1n) is 17.7. The second kappa shape index (κ2) is 12.7. The zero-order valence-electron chi connectivity index (χ0n) is 29.7. The maximum atomic E-state index is 7.07. The van der Waals surface area contributed by atoms with Gasteiger partial charge in [0.1, 0.15) is 0 Å². The monoisotopic (exact) mass is 766 g/mol. The van der Waals surface area contributed by atoms with E-state index in [4.69, 9.17) is 23.2 Å². The van der Waals surface area contributed by atoms with Gasteiger partial charge in [-0.25, -0.2) is 0 Å². The van der Waals surface area contributed by atoms with E-state index in [1.54, 1.807) is 3.28 Å². The standard InChI is InChI=1S/C21H12Cl2.C21H25.C5H5.Zr/c22-18-10-14-5-1-3-7-20(14)16(12-18)9-17-13-19(23)11-15-6-2-4-8-21(15)17;1-20(2,3)16-9-7-14-11-15-8-10-17(21(4,5)6)13-19(15)18(14)12-16;1-2-4-5-3-1;/h1-8,10-13H;7-13H,1-6H3;1-3H,4H2;. The molecule has 0 heterocycles. The van der Waals surface area contributed by atoms with Crippen molar-refractivity contribution in [2.24, 2.45) is 0 Å². The number of rotatable bonds is 4. The first-order valence-corrected chi connectivity index (χ1v) is 22.3. The first-order chi connectivity index (χ1) is 23.9. The molecule has 6 aromatic rings. The van der Waals surface area contributed by atoms with Crippen LogP contribution in [0.5, 0.6) is 0 Å². The van der Waals surface area contributed by atoms with E-state index in [0.717, 1.165) is 27.2 Å². The van der Waals surface area contributed by atoms with E-state index in [1.807, 2.05) is 0 Å². The van der Waals surface area contributed by atoms with Gasteiger partial charge in [0.15, 0.2) is 0 Å². The molecular weight excluding hydrogens is 727 g/mol. The summed E-state index contributed by atoms with van der Waals surface area (Å²) < 4.78 is 3.34. The Bertz CT molecular complexity index is 2290. The number of halogens is 2. The Kier molecular flexibility index (Phi) is 8.58. The van der Waals surface area contributed by atoms with Crippen molar-refractivity contribution >= 4 is 48.0 Å². The van der Waals surface area contributed by atoms with Crippen molar-refractivity contribution in [2.75, 3.05) is 0 Å². The average molecular weight is 769 g/mol. The van der Waals surface area contributed by atoms with Crippen molar-refractivity contribution in [3.63, 3.8) is 0 Å². The Morgan fingerprint density at radius 2 is 1.08 bits per heavy atom. The normalized spacial score (nSPS) is 14.3. The molecule has 0 fully saturated rings. The zero-order chi connectivity index (χ0) is 34.9. The van der Waals surface area contributed by atoms with Crippen molar-refractivity contribution in [2.45, 2.75) is 62.4 Å². The van der Waals surface area contributed by atoms with Crippen LogP contribution in [0.4, 0.5) is 0 Å². The fourth-order valence-electron chi connectivity index (χ4n) is 8.03. The van der Waals surface area contributed by atoms with Crippen molar-refractivity contribution in [1.29, 1.82) is 0 Å². The van der Waals surface area contributed by atoms with Crippen LogP contribution in [0.15, 0.2) is 131 Å². The molecule has 0 aromatic heterocycles. The van der Waals surface area contributed by atoms with E-state index in [1.165, 1.54) is 58.5 Å². The fourth-order valence-corrected chi connectivity index (χ4v) is 17.6. The van der Waals surface area contributed by atoms with Crippen LogP contribution in [0.2, 0.25) is 10.0 Å². The molecule has 0 bridgehead atoms. The van der Waals surface area contributed by atoms with Crippen LogP contribution in [-0.2, 0) is 32.1 Å². The van der Waals surface area contributed by atoms with Gasteiger partial charge in [-0.1, -0.05) is 0 Å². The van der Waals surface area contributed by atoms with Gasteiger partial charge in [0, 0.05) is 0 Å². The molecule has 248 valence electrons. The molecule has 0 saturated heterocycles. The van der Waals surface area contributed by atoms with Crippen molar-refractivity contribution in [3.05, 3.63) is 174 Å². The fraction of sp³-hybridized carbons (Fsp3) is 0.213. The van der Waals surface area contributed by atoms with Crippen LogP contribution in [0.25, 0.3) is 32.7 Å². The quantitative estimate of drug-likeness (QED) is 0.168. The summed E-state index contributed by atoms with van der Waals surface area (Å²) in [5.74, 6) is 0. The molecule has 2 aliphatic rings. The van der Waals surface area contributed by atoms with Gasteiger partial charge in [-0.2, -0.15) is 0 Å². The zero-order valence-corrected chi connectivity index (χ0v) is 33.6. The summed E-state index contributed by atoms with van der Waals surface area (Å²) in [6, 6.07) is 40.9. The van der Waals surface area contributed by atoms with E-state index in [-0.39, 0.29) is 14.5 Å². The first kappa shape index (κ1) is 33.8. The van der Waals surface area contributed by atoms with Gasteiger partial charge in [-0.15, -0.1) is 0 Å². The molecule has 0 saturated carbocycles. The maximum absolute atomic E-state index is 7.07. The molecule has 0 nitrogen and oxygen atoms in total. The van der Waals surface area contributed by atoms with E-state index >= 15 is 0 Å². The minimum absolute atomic E-state index is 0.0467. The van der Waals surface area contributed by atoms with Crippen LogP contribution >= 0.6 is 23.2 Å². The second-order valence-electron chi connectivity index (χ2n) is 16.0. The van der Waals surface area contributed by atoms with Gasteiger partial charge < -0.3 is 0 Å². The van der Waals surface area contributed by atoms with Crippen LogP contribution in [0, 0.1) is 0 Å². The van der Waals surface area contributed by atoms with E-state index in [9.17, 15) is 0 Å². The summed E-state index contributed by atoms with van der Waals surface area (Å²) in [5.41, 5.74) is 11.1. The van der Waals surface area contributed by atoms with Gasteiger partial charge in [0.05, 0.1) is 0 Å². The number of allylic oxidation sites excluding steroid dienone is 4. The Morgan fingerprint density at radius 3 is 1.52 bits per heavy atom. The molecule has 6 aromatic carbocycles. The molecule has 0 spiro atoms. The summed E-state index contributed by atoms with van der Waals surface area (Å²) in [5, 5.41) is 6.34. The topological polar surface area (TPSA) is 0 Å².